The third-order valence-electron chi connectivity index (χ3n) is 4.51. The topological polar surface area (TPSA) is 89.8 Å². The molecular formula is C15H19ClN2O5S. The predicted molar refractivity (Wildman–Crippen MR) is 88.7 cm³/mol. The second kappa shape index (κ2) is 6.59. The molecule has 24 heavy (non-hydrogen) atoms. The maximum atomic E-state index is 13.0. The minimum Gasteiger partial charge on any atom is -0.381 e. The Morgan fingerprint density at radius 1 is 1.38 bits per heavy atom. The number of nitro groups is 1. The Morgan fingerprint density at radius 3 is 2.62 bits per heavy atom. The molecule has 1 saturated heterocycles. The zero-order valence-corrected chi connectivity index (χ0v) is 14.8. The summed E-state index contributed by atoms with van der Waals surface area (Å²) in [7, 11) is -3.83. The Bertz CT molecular complexity index is 757. The van der Waals surface area contributed by atoms with Gasteiger partial charge < -0.3 is 4.74 Å². The van der Waals surface area contributed by atoms with Crippen molar-refractivity contribution in [3.8, 4) is 0 Å². The largest absolute Gasteiger partial charge is 0.381 e. The van der Waals surface area contributed by atoms with Crippen LogP contribution in [0.2, 0.25) is 5.02 Å². The lowest BCUT2D eigenvalue weighted by molar-refractivity contribution is -0.385. The Kier molecular flexibility index (Phi) is 4.83. The predicted octanol–water partition coefficient (Wildman–Crippen LogP) is 2.75. The number of rotatable bonds is 6. The Balaban J connectivity index is 1.97. The number of hydrogen-bond acceptors (Lipinski definition) is 5. The van der Waals surface area contributed by atoms with Crippen molar-refractivity contribution in [2.75, 3.05) is 19.8 Å². The van der Waals surface area contributed by atoms with E-state index < -0.39 is 14.9 Å². The molecule has 0 aromatic heterocycles. The SMILES string of the molecule is Cc1c(Cl)cc(S(=O)(=O)N(C[C@H]2CCOC2)C2CC2)cc1[N+](=O)[O-]. The molecule has 1 saturated carbocycles. The highest BCUT2D eigenvalue weighted by atomic mass is 35.5. The molecule has 2 fully saturated rings. The number of hydrogen-bond donors (Lipinski definition) is 0. The van der Waals surface area contributed by atoms with Crippen molar-refractivity contribution in [1.29, 1.82) is 0 Å². The Morgan fingerprint density at radius 2 is 2.08 bits per heavy atom. The van der Waals surface area contributed by atoms with Gasteiger partial charge in [-0.05, 0) is 38.2 Å². The first-order valence-corrected chi connectivity index (χ1v) is 9.66. The molecule has 0 spiro atoms. The van der Waals surface area contributed by atoms with Gasteiger partial charge in [0.2, 0.25) is 10.0 Å². The van der Waals surface area contributed by atoms with Gasteiger partial charge in [-0.1, -0.05) is 11.6 Å². The van der Waals surface area contributed by atoms with E-state index >= 15 is 0 Å². The van der Waals surface area contributed by atoms with Crippen molar-refractivity contribution in [2.24, 2.45) is 5.92 Å². The van der Waals surface area contributed by atoms with Gasteiger partial charge >= 0.3 is 0 Å². The molecule has 0 bridgehead atoms. The number of nitro benzene ring substituents is 1. The lowest BCUT2D eigenvalue weighted by Crippen LogP contribution is -2.37. The molecule has 132 valence electrons. The standard InChI is InChI=1S/C15H19ClN2O5S/c1-10-14(16)6-13(7-15(10)18(19)20)24(21,22)17(12-2-3-12)8-11-4-5-23-9-11/h6-7,11-12H,2-5,8-9H2,1H3/t11-/m1/s1. The highest BCUT2D eigenvalue weighted by molar-refractivity contribution is 7.89. The summed E-state index contributed by atoms with van der Waals surface area (Å²) in [4.78, 5) is 10.5. The van der Waals surface area contributed by atoms with Crippen molar-refractivity contribution in [1.82, 2.24) is 4.31 Å². The fourth-order valence-corrected chi connectivity index (χ4v) is 4.99. The molecule has 9 heteroatoms. The van der Waals surface area contributed by atoms with Gasteiger partial charge in [-0.15, -0.1) is 0 Å². The molecule has 0 radical (unpaired) electrons. The van der Waals surface area contributed by atoms with Crippen LogP contribution in [0.25, 0.3) is 0 Å². The summed E-state index contributed by atoms with van der Waals surface area (Å²) in [6.45, 7) is 3.08. The minimum atomic E-state index is -3.83. The van der Waals surface area contributed by atoms with Crippen LogP contribution in [0, 0.1) is 23.0 Å². The number of nitrogens with zero attached hydrogens (tertiary/aromatic N) is 2. The summed E-state index contributed by atoms with van der Waals surface area (Å²) in [6, 6.07) is 2.38. The summed E-state index contributed by atoms with van der Waals surface area (Å²) >= 11 is 6.03. The summed E-state index contributed by atoms with van der Waals surface area (Å²) in [5.41, 5.74) is -0.0104. The Labute approximate surface area is 145 Å². The van der Waals surface area contributed by atoms with E-state index in [2.05, 4.69) is 0 Å². The van der Waals surface area contributed by atoms with E-state index in [1.165, 1.54) is 17.3 Å². The van der Waals surface area contributed by atoms with Crippen LogP contribution in [0.1, 0.15) is 24.8 Å². The average Bonchev–Trinajstić information content (AvgIpc) is 3.22. The molecule has 1 aliphatic heterocycles. The summed E-state index contributed by atoms with van der Waals surface area (Å²) in [5.74, 6) is 0.163. The van der Waals surface area contributed by atoms with Crippen molar-refractivity contribution < 1.29 is 18.1 Å². The normalized spacial score (nSPS) is 21.4. The van der Waals surface area contributed by atoms with Gasteiger partial charge in [-0.3, -0.25) is 10.1 Å². The first-order chi connectivity index (χ1) is 11.3. The fraction of sp³-hybridized carbons (Fsp3) is 0.600. The van der Waals surface area contributed by atoms with E-state index in [1.807, 2.05) is 0 Å². The second-order valence-corrected chi connectivity index (χ2v) is 8.64. The van der Waals surface area contributed by atoms with E-state index in [0.29, 0.717) is 19.8 Å². The van der Waals surface area contributed by atoms with Crippen LogP contribution in [0.3, 0.4) is 0 Å². The van der Waals surface area contributed by atoms with E-state index in [4.69, 9.17) is 16.3 Å². The van der Waals surface area contributed by atoms with Gasteiger partial charge in [-0.25, -0.2) is 8.42 Å². The monoisotopic (exact) mass is 374 g/mol. The zero-order valence-electron chi connectivity index (χ0n) is 13.3. The summed E-state index contributed by atoms with van der Waals surface area (Å²) in [5, 5.41) is 11.3. The van der Waals surface area contributed by atoms with Crippen LogP contribution in [-0.2, 0) is 14.8 Å². The maximum Gasteiger partial charge on any atom is 0.275 e. The molecule has 1 heterocycles. The minimum absolute atomic E-state index is 0.0327. The molecule has 1 aliphatic carbocycles. The molecule has 0 unspecified atom stereocenters. The molecule has 2 aliphatic rings. The number of benzene rings is 1. The molecular weight excluding hydrogens is 356 g/mol. The number of sulfonamides is 1. The van der Waals surface area contributed by atoms with Crippen LogP contribution in [0.15, 0.2) is 17.0 Å². The van der Waals surface area contributed by atoms with E-state index in [1.54, 1.807) is 0 Å². The van der Waals surface area contributed by atoms with Gasteiger partial charge in [0.05, 0.1) is 21.4 Å². The first-order valence-electron chi connectivity index (χ1n) is 7.85. The van der Waals surface area contributed by atoms with Gasteiger partial charge in [0.25, 0.3) is 5.69 Å². The molecule has 7 nitrogen and oxygen atoms in total. The van der Waals surface area contributed by atoms with Gasteiger partial charge in [0.1, 0.15) is 0 Å². The third-order valence-corrected chi connectivity index (χ3v) is 6.80. The number of halogens is 1. The summed E-state index contributed by atoms with van der Waals surface area (Å²) < 4.78 is 32.9. The quantitative estimate of drug-likeness (QED) is 0.564. The van der Waals surface area contributed by atoms with Gasteiger partial charge in [0.15, 0.2) is 0 Å². The molecule has 0 N–H and O–H groups in total. The van der Waals surface area contributed by atoms with Gasteiger partial charge in [0, 0.05) is 30.8 Å². The summed E-state index contributed by atoms with van der Waals surface area (Å²) in [6.07, 6.45) is 2.45. The number of ether oxygens (including phenoxy) is 1. The average molecular weight is 375 g/mol. The van der Waals surface area contributed by atoms with Crippen LogP contribution < -0.4 is 0 Å². The van der Waals surface area contributed by atoms with Crippen molar-refractivity contribution in [2.45, 2.75) is 37.1 Å². The highest BCUT2D eigenvalue weighted by Crippen LogP contribution is 2.36. The maximum absolute atomic E-state index is 13.0. The smallest absolute Gasteiger partial charge is 0.275 e. The van der Waals surface area contributed by atoms with E-state index in [-0.39, 0.29) is 33.1 Å². The van der Waals surface area contributed by atoms with Crippen LogP contribution in [0.4, 0.5) is 5.69 Å². The van der Waals surface area contributed by atoms with Crippen LogP contribution in [0.5, 0.6) is 0 Å². The molecule has 1 atom stereocenters. The zero-order chi connectivity index (χ0) is 17.5. The van der Waals surface area contributed by atoms with Crippen molar-refractivity contribution in [3.05, 3.63) is 32.8 Å². The van der Waals surface area contributed by atoms with Crippen molar-refractivity contribution >= 4 is 27.3 Å². The van der Waals surface area contributed by atoms with Crippen LogP contribution in [-0.4, -0.2) is 43.4 Å². The Hall–Kier alpha value is -1.22. The van der Waals surface area contributed by atoms with Crippen molar-refractivity contribution in [3.63, 3.8) is 0 Å². The van der Waals surface area contributed by atoms with E-state index in [0.717, 1.165) is 25.3 Å². The first kappa shape index (κ1) is 17.6. The lowest BCUT2D eigenvalue weighted by atomic mass is 10.1. The fourth-order valence-electron chi connectivity index (χ4n) is 2.90. The lowest BCUT2D eigenvalue weighted by Gasteiger charge is -2.24. The second-order valence-electron chi connectivity index (χ2n) is 6.34. The molecule has 1 aromatic rings. The third kappa shape index (κ3) is 3.42. The highest BCUT2D eigenvalue weighted by Gasteiger charge is 2.40. The molecule has 3 rings (SSSR count). The van der Waals surface area contributed by atoms with Gasteiger partial charge in [-0.2, -0.15) is 4.31 Å². The van der Waals surface area contributed by atoms with E-state index in [9.17, 15) is 18.5 Å². The molecule has 1 aromatic carbocycles. The van der Waals surface area contributed by atoms with Crippen LogP contribution >= 0.6 is 11.6 Å². The molecule has 0 amide bonds.